The predicted octanol–water partition coefficient (Wildman–Crippen LogP) is 2.16. The van der Waals surface area contributed by atoms with Gasteiger partial charge in [0.15, 0.2) is 0 Å². The first-order valence-electron chi connectivity index (χ1n) is 8.49. The van der Waals surface area contributed by atoms with Crippen LogP contribution in [0.4, 0.5) is 0 Å². The van der Waals surface area contributed by atoms with E-state index in [0.717, 1.165) is 45.3 Å². The highest BCUT2D eigenvalue weighted by atomic mass is 16.6. The standard InChI is InChI=1S/C16H30N2O3/c1-3-5-9-20-15(19)13-11-16(7-8-16)14(12-17-13)18-21-10-6-4-2/h13-14,17-18H,3-12H2,1-2H3/t13-,14?/m0/s1. The highest BCUT2D eigenvalue weighted by Crippen LogP contribution is 2.53. The van der Waals surface area contributed by atoms with Crippen molar-refractivity contribution in [2.75, 3.05) is 19.8 Å². The average Bonchev–Trinajstić information content (AvgIpc) is 3.25. The van der Waals surface area contributed by atoms with Crippen LogP contribution in [0.5, 0.6) is 0 Å². The molecular formula is C16H30N2O3. The molecular weight excluding hydrogens is 268 g/mol. The quantitative estimate of drug-likeness (QED) is 0.388. The van der Waals surface area contributed by atoms with Crippen LogP contribution in [-0.4, -0.2) is 37.8 Å². The van der Waals surface area contributed by atoms with Gasteiger partial charge in [-0.1, -0.05) is 26.7 Å². The first kappa shape index (κ1) is 16.7. The van der Waals surface area contributed by atoms with E-state index >= 15 is 0 Å². The maximum Gasteiger partial charge on any atom is 0.323 e. The zero-order valence-electron chi connectivity index (χ0n) is 13.5. The Morgan fingerprint density at radius 3 is 2.62 bits per heavy atom. The number of rotatable bonds is 9. The second kappa shape index (κ2) is 8.11. The molecule has 2 fully saturated rings. The molecule has 5 heteroatoms. The van der Waals surface area contributed by atoms with E-state index in [1.54, 1.807) is 0 Å². The summed E-state index contributed by atoms with van der Waals surface area (Å²) in [7, 11) is 0. The van der Waals surface area contributed by atoms with E-state index in [-0.39, 0.29) is 17.4 Å². The van der Waals surface area contributed by atoms with E-state index < -0.39 is 0 Å². The molecule has 1 aliphatic carbocycles. The summed E-state index contributed by atoms with van der Waals surface area (Å²) in [5.41, 5.74) is 3.45. The summed E-state index contributed by atoms with van der Waals surface area (Å²) in [6.07, 6.45) is 7.45. The summed E-state index contributed by atoms with van der Waals surface area (Å²) in [6.45, 7) is 6.33. The number of hydrogen-bond acceptors (Lipinski definition) is 5. The van der Waals surface area contributed by atoms with Crippen LogP contribution in [-0.2, 0) is 14.4 Å². The number of carbonyl (C=O) groups is 1. The Morgan fingerprint density at radius 1 is 1.24 bits per heavy atom. The number of ether oxygens (including phenoxy) is 1. The highest BCUT2D eigenvalue weighted by molar-refractivity contribution is 5.76. The maximum atomic E-state index is 12.1. The molecule has 0 aromatic heterocycles. The molecule has 1 unspecified atom stereocenters. The lowest BCUT2D eigenvalue weighted by Gasteiger charge is -2.36. The summed E-state index contributed by atoms with van der Waals surface area (Å²) in [5, 5.41) is 3.32. The van der Waals surface area contributed by atoms with E-state index in [1.807, 2.05) is 0 Å². The van der Waals surface area contributed by atoms with Gasteiger partial charge >= 0.3 is 5.97 Å². The molecule has 1 saturated heterocycles. The van der Waals surface area contributed by atoms with Crippen molar-refractivity contribution in [1.82, 2.24) is 10.8 Å². The van der Waals surface area contributed by atoms with Gasteiger partial charge < -0.3 is 14.9 Å². The monoisotopic (exact) mass is 298 g/mol. The Labute approximate surface area is 128 Å². The van der Waals surface area contributed by atoms with Gasteiger partial charge in [-0.15, -0.1) is 0 Å². The normalized spacial score (nSPS) is 26.8. The maximum absolute atomic E-state index is 12.1. The number of unbranched alkanes of at least 4 members (excludes halogenated alkanes) is 2. The van der Waals surface area contributed by atoms with Crippen molar-refractivity contribution in [2.45, 2.75) is 70.9 Å². The Kier molecular flexibility index (Phi) is 6.45. The lowest BCUT2D eigenvalue weighted by Crippen LogP contribution is -2.56. The number of esters is 1. The van der Waals surface area contributed by atoms with Gasteiger partial charge in [0.1, 0.15) is 6.04 Å². The van der Waals surface area contributed by atoms with Crippen molar-refractivity contribution in [2.24, 2.45) is 5.41 Å². The third-order valence-corrected chi connectivity index (χ3v) is 4.66. The lowest BCUT2D eigenvalue weighted by atomic mass is 9.85. The van der Waals surface area contributed by atoms with Crippen LogP contribution in [0.2, 0.25) is 0 Å². The summed E-state index contributed by atoms with van der Waals surface area (Å²) >= 11 is 0. The summed E-state index contributed by atoms with van der Waals surface area (Å²) in [6, 6.07) is 0.173. The third-order valence-electron chi connectivity index (χ3n) is 4.66. The van der Waals surface area contributed by atoms with Crippen molar-refractivity contribution in [3.8, 4) is 0 Å². The van der Waals surface area contributed by atoms with Crippen LogP contribution in [0.1, 0.15) is 58.8 Å². The fourth-order valence-corrected chi connectivity index (χ4v) is 2.94. The van der Waals surface area contributed by atoms with Gasteiger partial charge in [-0.05, 0) is 37.5 Å². The molecule has 1 spiro atoms. The van der Waals surface area contributed by atoms with E-state index in [0.29, 0.717) is 12.6 Å². The van der Waals surface area contributed by atoms with Crippen molar-refractivity contribution in [1.29, 1.82) is 0 Å². The summed E-state index contributed by atoms with van der Waals surface area (Å²) < 4.78 is 5.34. The van der Waals surface area contributed by atoms with Crippen LogP contribution in [0.3, 0.4) is 0 Å². The van der Waals surface area contributed by atoms with Gasteiger partial charge in [0.05, 0.1) is 19.3 Å². The molecule has 0 aromatic carbocycles. The van der Waals surface area contributed by atoms with E-state index in [9.17, 15) is 4.79 Å². The number of piperidine rings is 1. The van der Waals surface area contributed by atoms with Gasteiger partial charge in [-0.25, -0.2) is 0 Å². The summed E-state index contributed by atoms with van der Waals surface area (Å²) in [5.74, 6) is -0.0833. The van der Waals surface area contributed by atoms with E-state index in [2.05, 4.69) is 24.6 Å². The van der Waals surface area contributed by atoms with Crippen molar-refractivity contribution in [3.05, 3.63) is 0 Å². The molecule has 1 aliphatic heterocycles. The SMILES string of the molecule is CCCCONC1CN[C@H](C(=O)OCCCC)CC12CC2. The zero-order valence-corrected chi connectivity index (χ0v) is 13.5. The van der Waals surface area contributed by atoms with Crippen molar-refractivity contribution in [3.63, 3.8) is 0 Å². The first-order valence-corrected chi connectivity index (χ1v) is 8.49. The van der Waals surface area contributed by atoms with E-state index in [4.69, 9.17) is 9.57 Å². The van der Waals surface area contributed by atoms with Crippen LogP contribution in [0.25, 0.3) is 0 Å². The number of nitrogens with one attached hydrogen (secondary N) is 2. The molecule has 0 bridgehead atoms. The minimum atomic E-state index is -0.141. The molecule has 5 nitrogen and oxygen atoms in total. The Hall–Kier alpha value is -0.650. The largest absolute Gasteiger partial charge is 0.465 e. The zero-order chi connectivity index (χ0) is 15.1. The number of hydroxylamine groups is 1. The number of carbonyl (C=O) groups excluding carboxylic acids is 1. The molecule has 0 amide bonds. The second-order valence-corrected chi connectivity index (χ2v) is 6.42. The van der Waals surface area contributed by atoms with E-state index in [1.165, 1.54) is 12.8 Å². The molecule has 21 heavy (non-hydrogen) atoms. The highest BCUT2D eigenvalue weighted by Gasteiger charge is 2.54. The minimum Gasteiger partial charge on any atom is -0.465 e. The predicted molar refractivity (Wildman–Crippen MR) is 81.7 cm³/mol. The molecule has 1 heterocycles. The second-order valence-electron chi connectivity index (χ2n) is 6.42. The summed E-state index contributed by atoms with van der Waals surface area (Å²) in [4.78, 5) is 17.6. The van der Waals surface area contributed by atoms with Gasteiger partial charge in [0.2, 0.25) is 0 Å². The third kappa shape index (κ3) is 4.66. The van der Waals surface area contributed by atoms with Gasteiger partial charge in [-0.3, -0.25) is 4.79 Å². The van der Waals surface area contributed by atoms with Gasteiger partial charge in [0.25, 0.3) is 0 Å². The fraction of sp³-hybridized carbons (Fsp3) is 0.938. The molecule has 2 rings (SSSR count). The van der Waals surface area contributed by atoms with Crippen molar-refractivity contribution < 1.29 is 14.4 Å². The van der Waals surface area contributed by atoms with Gasteiger partial charge in [-0.2, -0.15) is 5.48 Å². The van der Waals surface area contributed by atoms with Crippen molar-refractivity contribution >= 4 is 5.97 Å². The first-order chi connectivity index (χ1) is 10.2. The van der Waals surface area contributed by atoms with Gasteiger partial charge in [0, 0.05) is 6.54 Å². The Bertz CT molecular complexity index is 331. The minimum absolute atomic E-state index is 0.0833. The molecule has 2 aliphatic rings. The van der Waals surface area contributed by atoms with Crippen LogP contribution >= 0.6 is 0 Å². The molecule has 2 atom stereocenters. The topological polar surface area (TPSA) is 59.6 Å². The molecule has 1 saturated carbocycles. The Balaban J connectivity index is 1.73. The Morgan fingerprint density at radius 2 is 1.95 bits per heavy atom. The molecule has 122 valence electrons. The lowest BCUT2D eigenvalue weighted by molar-refractivity contribution is -0.148. The number of hydrogen-bond donors (Lipinski definition) is 2. The van der Waals surface area contributed by atoms with Crippen LogP contribution < -0.4 is 10.8 Å². The average molecular weight is 298 g/mol. The molecule has 2 N–H and O–H groups in total. The van der Waals surface area contributed by atoms with Crippen LogP contribution in [0, 0.1) is 5.41 Å². The van der Waals surface area contributed by atoms with Crippen LogP contribution in [0.15, 0.2) is 0 Å². The molecule has 0 radical (unpaired) electrons. The smallest absolute Gasteiger partial charge is 0.323 e. The fourth-order valence-electron chi connectivity index (χ4n) is 2.94. The molecule has 0 aromatic rings.